The number of fused-ring (bicyclic) bond motifs is 9. The van der Waals surface area contributed by atoms with Gasteiger partial charge < -0.3 is 8.80 Å². The molecule has 176 valence electrons. The molecule has 4 nitrogen and oxygen atoms in total. The number of para-hydroxylation sites is 2. The Bertz CT molecular complexity index is 2160. The van der Waals surface area contributed by atoms with Crippen molar-refractivity contribution in [3.05, 3.63) is 122 Å². The first-order valence-corrected chi connectivity index (χ1v) is 12.8. The van der Waals surface area contributed by atoms with E-state index in [4.69, 9.17) is 0 Å². The molecule has 0 atom stereocenters. The molecule has 4 aromatic carbocycles. The van der Waals surface area contributed by atoms with Gasteiger partial charge in [0, 0.05) is 45.1 Å². The molecule has 0 bridgehead atoms. The number of rotatable bonds is 2. The maximum absolute atomic E-state index is 4.60. The van der Waals surface area contributed by atoms with E-state index in [-0.39, 0.29) is 0 Å². The third-order valence-electron chi connectivity index (χ3n) is 7.94. The number of pyridine rings is 2. The summed E-state index contributed by atoms with van der Waals surface area (Å²) in [5, 5.41) is 5.00. The van der Waals surface area contributed by atoms with Gasteiger partial charge in [0.1, 0.15) is 0 Å². The van der Waals surface area contributed by atoms with E-state index in [1.54, 1.807) is 0 Å². The SMILES string of the molecule is c1ccc(-c2ccc3c(c2)c2ccc4c5cc(-c6ccccn6)ccc5n5c6ccccc6n3c2c45)nc1. The Hall–Kier alpha value is -5.22. The lowest BCUT2D eigenvalue weighted by molar-refractivity contribution is 1.25. The first kappa shape index (κ1) is 19.9. The van der Waals surface area contributed by atoms with Crippen LogP contribution in [0.25, 0.3) is 77.2 Å². The van der Waals surface area contributed by atoms with E-state index >= 15 is 0 Å². The van der Waals surface area contributed by atoms with Gasteiger partial charge in [0.25, 0.3) is 0 Å². The molecule has 4 heteroatoms. The predicted octanol–water partition coefficient (Wildman–Crippen LogP) is 8.37. The molecule has 0 aliphatic rings. The fourth-order valence-corrected chi connectivity index (χ4v) is 6.33. The molecule has 38 heavy (non-hydrogen) atoms. The zero-order chi connectivity index (χ0) is 24.8. The number of hydrogen-bond acceptors (Lipinski definition) is 2. The Labute approximate surface area is 217 Å². The molecule has 0 amide bonds. The zero-order valence-electron chi connectivity index (χ0n) is 20.3. The lowest BCUT2D eigenvalue weighted by Crippen LogP contribution is -1.96. The van der Waals surface area contributed by atoms with E-state index in [2.05, 4.69) is 104 Å². The van der Waals surface area contributed by atoms with Crippen LogP contribution in [-0.2, 0) is 0 Å². The summed E-state index contributed by atoms with van der Waals surface area (Å²) in [7, 11) is 0. The van der Waals surface area contributed by atoms with Gasteiger partial charge in [-0.3, -0.25) is 9.97 Å². The Morgan fingerprint density at radius 1 is 0.395 bits per heavy atom. The van der Waals surface area contributed by atoms with E-state index in [9.17, 15) is 0 Å². The summed E-state index contributed by atoms with van der Waals surface area (Å²) >= 11 is 0. The third kappa shape index (κ3) is 2.49. The summed E-state index contributed by atoms with van der Waals surface area (Å²) in [6.07, 6.45) is 3.71. The second kappa shape index (κ2) is 7.17. The quantitative estimate of drug-likeness (QED) is 0.231. The topological polar surface area (TPSA) is 34.6 Å². The van der Waals surface area contributed by atoms with Crippen molar-refractivity contribution in [2.45, 2.75) is 0 Å². The molecule has 0 saturated carbocycles. The van der Waals surface area contributed by atoms with Gasteiger partial charge >= 0.3 is 0 Å². The lowest BCUT2D eigenvalue weighted by Gasteiger charge is -2.11. The number of nitrogens with zero attached hydrogens (tertiary/aromatic N) is 4. The molecule has 0 aliphatic carbocycles. The van der Waals surface area contributed by atoms with E-state index in [1.807, 2.05) is 36.7 Å². The van der Waals surface area contributed by atoms with Gasteiger partial charge in [-0.25, -0.2) is 0 Å². The van der Waals surface area contributed by atoms with Crippen LogP contribution in [0, 0.1) is 0 Å². The molecule has 0 fully saturated rings. The molecule has 0 N–H and O–H groups in total. The molecule has 9 aromatic rings. The highest BCUT2D eigenvalue weighted by atomic mass is 15.0. The highest BCUT2D eigenvalue weighted by molar-refractivity contribution is 6.25. The predicted molar refractivity (Wildman–Crippen MR) is 156 cm³/mol. The second-order valence-corrected chi connectivity index (χ2v) is 9.91. The van der Waals surface area contributed by atoms with E-state index < -0.39 is 0 Å². The number of aromatic nitrogens is 4. The second-order valence-electron chi connectivity index (χ2n) is 9.91. The maximum Gasteiger partial charge on any atom is 0.0789 e. The lowest BCUT2D eigenvalue weighted by atomic mass is 10.0. The monoisotopic (exact) mass is 484 g/mol. The Balaban J connectivity index is 1.48. The highest BCUT2D eigenvalue weighted by Crippen LogP contribution is 2.43. The smallest absolute Gasteiger partial charge is 0.0789 e. The minimum absolute atomic E-state index is 0.989. The number of benzene rings is 4. The Kier molecular flexibility index (Phi) is 3.76. The number of hydrogen-bond donors (Lipinski definition) is 0. The molecule has 0 unspecified atom stereocenters. The van der Waals surface area contributed by atoms with E-state index in [0.717, 1.165) is 22.5 Å². The van der Waals surface area contributed by atoms with Crippen molar-refractivity contribution in [1.29, 1.82) is 0 Å². The summed E-state index contributed by atoms with van der Waals surface area (Å²) in [5.41, 5.74) is 11.6. The summed E-state index contributed by atoms with van der Waals surface area (Å²) in [6, 6.07) is 38.9. The average molecular weight is 485 g/mol. The van der Waals surface area contributed by atoms with Crippen molar-refractivity contribution in [1.82, 2.24) is 18.8 Å². The Morgan fingerprint density at radius 2 is 0.868 bits per heavy atom. The summed E-state index contributed by atoms with van der Waals surface area (Å²) < 4.78 is 4.89. The van der Waals surface area contributed by atoms with Crippen LogP contribution < -0.4 is 0 Å². The van der Waals surface area contributed by atoms with Gasteiger partial charge in [-0.05, 0) is 60.7 Å². The zero-order valence-corrected chi connectivity index (χ0v) is 20.3. The van der Waals surface area contributed by atoms with Crippen LogP contribution in [0.1, 0.15) is 0 Å². The summed E-state index contributed by atoms with van der Waals surface area (Å²) in [5.74, 6) is 0. The average Bonchev–Trinajstić information content (AvgIpc) is 3.50. The first-order valence-electron chi connectivity index (χ1n) is 12.8. The summed E-state index contributed by atoms with van der Waals surface area (Å²) in [6.45, 7) is 0. The molecule has 0 radical (unpaired) electrons. The van der Waals surface area contributed by atoms with Gasteiger partial charge in [-0.2, -0.15) is 0 Å². The largest absolute Gasteiger partial charge is 0.305 e. The molecule has 0 saturated heterocycles. The highest BCUT2D eigenvalue weighted by Gasteiger charge is 2.22. The molecular formula is C34H20N4. The fraction of sp³-hybridized carbons (Fsp3) is 0. The minimum Gasteiger partial charge on any atom is -0.305 e. The van der Waals surface area contributed by atoms with E-state index in [1.165, 1.54) is 54.6 Å². The molecule has 5 heterocycles. The van der Waals surface area contributed by atoms with E-state index in [0.29, 0.717) is 0 Å². The van der Waals surface area contributed by atoms with Crippen LogP contribution in [0.15, 0.2) is 122 Å². The third-order valence-corrected chi connectivity index (χ3v) is 7.94. The fourth-order valence-electron chi connectivity index (χ4n) is 6.33. The normalized spacial score (nSPS) is 12.2. The molecule has 0 spiro atoms. The van der Waals surface area contributed by atoms with Gasteiger partial charge in [0.15, 0.2) is 0 Å². The van der Waals surface area contributed by atoms with Gasteiger partial charge in [-0.1, -0.05) is 48.5 Å². The standard InChI is InChI=1S/C34H20N4/c1-2-10-32-31(9-1)37-29-15-11-21(27-7-3-5-17-35-27)19-25(29)23-13-14-24-26-20-22(28-8-4-6-18-36-28)12-16-30(26)38(32)34(24)33(23)37/h1-20H. The van der Waals surface area contributed by atoms with Crippen molar-refractivity contribution < 1.29 is 0 Å². The summed E-state index contributed by atoms with van der Waals surface area (Å²) in [4.78, 5) is 9.21. The van der Waals surface area contributed by atoms with Crippen LogP contribution in [0.4, 0.5) is 0 Å². The van der Waals surface area contributed by atoms with Crippen LogP contribution in [0.3, 0.4) is 0 Å². The van der Waals surface area contributed by atoms with Gasteiger partial charge in [0.05, 0.1) is 44.5 Å². The van der Waals surface area contributed by atoms with Crippen molar-refractivity contribution in [3.8, 4) is 22.5 Å². The van der Waals surface area contributed by atoms with Crippen molar-refractivity contribution in [2.24, 2.45) is 0 Å². The molecule has 9 rings (SSSR count). The van der Waals surface area contributed by atoms with Crippen LogP contribution in [-0.4, -0.2) is 18.8 Å². The maximum atomic E-state index is 4.60. The van der Waals surface area contributed by atoms with Crippen molar-refractivity contribution in [3.63, 3.8) is 0 Å². The minimum atomic E-state index is 0.989. The van der Waals surface area contributed by atoms with Gasteiger partial charge in [0.2, 0.25) is 0 Å². The molecular weight excluding hydrogens is 464 g/mol. The molecule has 0 aliphatic heterocycles. The van der Waals surface area contributed by atoms with Crippen molar-refractivity contribution in [2.75, 3.05) is 0 Å². The van der Waals surface area contributed by atoms with Crippen LogP contribution in [0.5, 0.6) is 0 Å². The van der Waals surface area contributed by atoms with Crippen LogP contribution >= 0.6 is 0 Å². The van der Waals surface area contributed by atoms with Gasteiger partial charge in [-0.15, -0.1) is 0 Å². The Morgan fingerprint density at radius 3 is 1.32 bits per heavy atom. The molecule has 5 aromatic heterocycles. The van der Waals surface area contributed by atoms with Crippen LogP contribution in [0.2, 0.25) is 0 Å². The van der Waals surface area contributed by atoms with Crippen molar-refractivity contribution >= 4 is 54.6 Å². The first-order chi connectivity index (χ1) is 18.9.